The molecular weight excluding hydrogens is 264 g/mol. The Kier molecular flexibility index (Phi) is 10.6. The van der Waals surface area contributed by atoms with Gasteiger partial charge in [0.1, 0.15) is 0 Å². The summed E-state index contributed by atoms with van der Waals surface area (Å²) in [5.74, 6) is 0.534. The molecule has 0 aromatic carbocycles. The van der Waals surface area contributed by atoms with Crippen molar-refractivity contribution >= 4 is 5.97 Å². The van der Waals surface area contributed by atoms with Crippen LogP contribution in [0.4, 0.5) is 0 Å². The lowest BCUT2D eigenvalue weighted by Crippen LogP contribution is -2.13. The number of hydrogen-bond donors (Lipinski definition) is 0. The predicted molar refractivity (Wildman–Crippen MR) is 86.3 cm³/mol. The number of epoxide rings is 1. The van der Waals surface area contributed by atoms with E-state index in [4.69, 9.17) is 9.47 Å². The maximum atomic E-state index is 11.7. The summed E-state index contributed by atoms with van der Waals surface area (Å²) in [4.78, 5) is 11.7. The molecule has 0 aromatic heterocycles. The SMILES string of the molecule is CCCCCCCCC(CCC(=O)OCCCC)C1CO1. The molecule has 124 valence electrons. The summed E-state index contributed by atoms with van der Waals surface area (Å²) in [6.45, 7) is 5.83. The van der Waals surface area contributed by atoms with Gasteiger partial charge in [0, 0.05) is 6.42 Å². The van der Waals surface area contributed by atoms with Crippen LogP contribution in [-0.2, 0) is 14.3 Å². The normalized spacial score (nSPS) is 18.5. The van der Waals surface area contributed by atoms with E-state index in [1.54, 1.807) is 0 Å². The third kappa shape index (κ3) is 9.89. The van der Waals surface area contributed by atoms with Crippen molar-refractivity contribution in [3.8, 4) is 0 Å². The summed E-state index contributed by atoms with van der Waals surface area (Å²) in [6, 6.07) is 0. The number of unbranched alkanes of at least 4 members (excludes halogenated alkanes) is 6. The van der Waals surface area contributed by atoms with Crippen molar-refractivity contribution in [2.45, 2.75) is 90.6 Å². The second-order valence-electron chi connectivity index (χ2n) is 6.30. The van der Waals surface area contributed by atoms with Crippen LogP contribution in [0.25, 0.3) is 0 Å². The minimum Gasteiger partial charge on any atom is -0.466 e. The number of ether oxygens (including phenoxy) is 2. The van der Waals surface area contributed by atoms with Crippen molar-refractivity contribution in [3.05, 3.63) is 0 Å². The van der Waals surface area contributed by atoms with Crippen molar-refractivity contribution in [3.63, 3.8) is 0 Å². The first-order valence-electron chi connectivity index (χ1n) is 9.05. The molecule has 1 rings (SSSR count). The molecule has 1 fully saturated rings. The van der Waals surface area contributed by atoms with Gasteiger partial charge in [0.2, 0.25) is 0 Å². The Morgan fingerprint density at radius 3 is 2.38 bits per heavy atom. The quantitative estimate of drug-likeness (QED) is 0.261. The van der Waals surface area contributed by atoms with Gasteiger partial charge in [0.05, 0.1) is 19.3 Å². The van der Waals surface area contributed by atoms with Crippen molar-refractivity contribution < 1.29 is 14.3 Å². The van der Waals surface area contributed by atoms with Gasteiger partial charge in [0.15, 0.2) is 0 Å². The molecule has 3 nitrogen and oxygen atoms in total. The zero-order valence-electron chi connectivity index (χ0n) is 14.1. The van der Waals surface area contributed by atoms with Gasteiger partial charge in [-0.15, -0.1) is 0 Å². The second kappa shape index (κ2) is 12.0. The third-order valence-electron chi connectivity index (χ3n) is 4.29. The molecule has 0 spiro atoms. The van der Waals surface area contributed by atoms with E-state index in [9.17, 15) is 4.79 Å². The van der Waals surface area contributed by atoms with Crippen molar-refractivity contribution in [1.29, 1.82) is 0 Å². The Bertz CT molecular complexity index is 261. The fourth-order valence-corrected chi connectivity index (χ4v) is 2.74. The lowest BCUT2D eigenvalue weighted by molar-refractivity contribution is -0.144. The lowest BCUT2D eigenvalue weighted by Gasteiger charge is -2.14. The van der Waals surface area contributed by atoms with E-state index < -0.39 is 0 Å². The fraction of sp³-hybridized carbons (Fsp3) is 0.944. The molecule has 1 aliphatic rings. The van der Waals surface area contributed by atoms with Crippen LogP contribution >= 0.6 is 0 Å². The zero-order chi connectivity index (χ0) is 15.3. The van der Waals surface area contributed by atoms with Crippen LogP contribution in [0.15, 0.2) is 0 Å². The Hall–Kier alpha value is -0.570. The van der Waals surface area contributed by atoms with E-state index in [2.05, 4.69) is 13.8 Å². The number of esters is 1. The highest BCUT2D eigenvalue weighted by Gasteiger charge is 2.32. The van der Waals surface area contributed by atoms with Crippen molar-refractivity contribution in [2.75, 3.05) is 13.2 Å². The van der Waals surface area contributed by atoms with Crippen molar-refractivity contribution in [1.82, 2.24) is 0 Å². The summed E-state index contributed by atoms with van der Waals surface area (Å²) < 4.78 is 10.7. The molecular formula is C18H34O3. The van der Waals surface area contributed by atoms with Crippen LogP contribution in [0.5, 0.6) is 0 Å². The molecule has 1 heterocycles. The van der Waals surface area contributed by atoms with Crippen molar-refractivity contribution in [2.24, 2.45) is 5.92 Å². The van der Waals surface area contributed by atoms with E-state index >= 15 is 0 Å². The average Bonchev–Trinajstić information content (AvgIpc) is 3.30. The Balaban J connectivity index is 2.05. The molecule has 3 heteroatoms. The number of hydrogen-bond acceptors (Lipinski definition) is 3. The maximum absolute atomic E-state index is 11.7. The topological polar surface area (TPSA) is 38.8 Å². The first-order chi connectivity index (χ1) is 10.3. The molecule has 1 saturated heterocycles. The average molecular weight is 298 g/mol. The monoisotopic (exact) mass is 298 g/mol. The van der Waals surface area contributed by atoms with Crippen LogP contribution in [0.3, 0.4) is 0 Å². The third-order valence-corrected chi connectivity index (χ3v) is 4.29. The maximum Gasteiger partial charge on any atom is 0.305 e. The highest BCUT2D eigenvalue weighted by molar-refractivity contribution is 5.69. The van der Waals surface area contributed by atoms with Crippen LogP contribution in [0.2, 0.25) is 0 Å². The summed E-state index contributed by atoms with van der Waals surface area (Å²) in [5.41, 5.74) is 0. The summed E-state index contributed by atoms with van der Waals surface area (Å²) in [5, 5.41) is 0. The number of rotatable bonds is 14. The van der Waals surface area contributed by atoms with Gasteiger partial charge in [-0.3, -0.25) is 4.79 Å². The molecule has 2 atom stereocenters. The number of carbonyl (C=O) groups excluding carboxylic acids is 1. The van der Waals surface area contributed by atoms with E-state index in [1.807, 2.05) is 0 Å². The molecule has 0 bridgehead atoms. The molecule has 0 aliphatic carbocycles. The van der Waals surface area contributed by atoms with Gasteiger partial charge in [-0.25, -0.2) is 0 Å². The van der Waals surface area contributed by atoms with Gasteiger partial charge in [-0.1, -0.05) is 58.8 Å². The van der Waals surface area contributed by atoms with Crippen LogP contribution in [0.1, 0.15) is 84.5 Å². The standard InChI is InChI=1S/C18H34O3/c1-3-5-7-8-9-10-11-16(17-15-21-17)12-13-18(19)20-14-6-4-2/h16-17H,3-15H2,1-2H3. The predicted octanol–water partition coefficient (Wildman–Crippen LogP) is 4.88. The highest BCUT2D eigenvalue weighted by Crippen LogP contribution is 2.29. The summed E-state index contributed by atoms with van der Waals surface area (Å²) >= 11 is 0. The van der Waals surface area contributed by atoms with Gasteiger partial charge in [-0.05, 0) is 25.2 Å². The minimum atomic E-state index is -0.0305. The molecule has 0 N–H and O–H groups in total. The molecule has 2 unspecified atom stereocenters. The Labute approximate surface area is 130 Å². The highest BCUT2D eigenvalue weighted by atomic mass is 16.6. The van der Waals surface area contributed by atoms with E-state index in [0.29, 0.717) is 25.0 Å². The first kappa shape index (κ1) is 18.5. The molecule has 0 saturated carbocycles. The minimum absolute atomic E-state index is 0.0305. The molecule has 1 aliphatic heterocycles. The largest absolute Gasteiger partial charge is 0.466 e. The molecule has 0 amide bonds. The number of carbonyl (C=O) groups is 1. The van der Waals surface area contributed by atoms with E-state index in [-0.39, 0.29) is 5.97 Å². The van der Waals surface area contributed by atoms with Gasteiger partial charge < -0.3 is 9.47 Å². The van der Waals surface area contributed by atoms with Gasteiger partial charge in [0.25, 0.3) is 0 Å². The second-order valence-corrected chi connectivity index (χ2v) is 6.30. The van der Waals surface area contributed by atoms with E-state index in [1.165, 1.54) is 44.9 Å². The fourth-order valence-electron chi connectivity index (χ4n) is 2.74. The van der Waals surface area contributed by atoms with E-state index in [0.717, 1.165) is 25.9 Å². The van der Waals surface area contributed by atoms with Crippen LogP contribution in [0, 0.1) is 5.92 Å². The zero-order valence-corrected chi connectivity index (χ0v) is 14.1. The van der Waals surface area contributed by atoms with Crippen LogP contribution in [-0.4, -0.2) is 25.3 Å². The van der Waals surface area contributed by atoms with Gasteiger partial charge in [-0.2, -0.15) is 0 Å². The molecule has 0 radical (unpaired) electrons. The summed E-state index contributed by atoms with van der Waals surface area (Å²) in [6.07, 6.45) is 13.1. The molecule has 21 heavy (non-hydrogen) atoms. The van der Waals surface area contributed by atoms with Gasteiger partial charge >= 0.3 is 5.97 Å². The summed E-state index contributed by atoms with van der Waals surface area (Å²) in [7, 11) is 0. The first-order valence-corrected chi connectivity index (χ1v) is 9.05. The Morgan fingerprint density at radius 1 is 1.05 bits per heavy atom. The Morgan fingerprint density at radius 2 is 1.71 bits per heavy atom. The van der Waals surface area contributed by atoms with Crippen LogP contribution < -0.4 is 0 Å². The lowest BCUT2D eigenvalue weighted by atomic mass is 9.93. The smallest absolute Gasteiger partial charge is 0.305 e. The molecule has 0 aromatic rings.